The average molecular weight is 398 g/mol. The molecule has 0 spiro atoms. The van der Waals surface area contributed by atoms with Crippen LogP contribution in [0.4, 0.5) is 9.59 Å². The zero-order valence-electron chi connectivity index (χ0n) is 15.7. The van der Waals surface area contributed by atoms with E-state index in [9.17, 15) is 9.59 Å². The summed E-state index contributed by atoms with van der Waals surface area (Å²) in [6.45, 7) is 1.44. The lowest BCUT2D eigenvalue weighted by molar-refractivity contribution is 0.210. The van der Waals surface area contributed by atoms with Crippen LogP contribution in [-0.2, 0) is 14.9 Å². The normalized spacial score (nSPS) is 20.0. The first kappa shape index (κ1) is 19.2. The van der Waals surface area contributed by atoms with E-state index in [0.717, 1.165) is 37.2 Å². The number of hydrogen-bond donors (Lipinski definition) is 2. The van der Waals surface area contributed by atoms with E-state index >= 15 is 0 Å². The Bertz CT molecular complexity index is 813. The van der Waals surface area contributed by atoms with Gasteiger partial charge in [0.25, 0.3) is 0 Å². The van der Waals surface area contributed by atoms with Gasteiger partial charge >= 0.3 is 12.2 Å². The second-order valence-corrected chi connectivity index (χ2v) is 7.29. The molecule has 2 unspecified atom stereocenters. The van der Waals surface area contributed by atoms with Crippen molar-refractivity contribution < 1.29 is 28.5 Å². The number of epoxide rings is 2. The van der Waals surface area contributed by atoms with Crippen LogP contribution in [0.15, 0.2) is 48.5 Å². The van der Waals surface area contributed by atoms with Crippen LogP contribution >= 0.6 is 0 Å². The van der Waals surface area contributed by atoms with Crippen molar-refractivity contribution in [2.24, 2.45) is 11.5 Å². The molecule has 4 N–H and O–H groups in total. The van der Waals surface area contributed by atoms with Crippen LogP contribution in [0.2, 0.25) is 0 Å². The first-order chi connectivity index (χ1) is 13.9. The van der Waals surface area contributed by atoms with E-state index in [4.69, 9.17) is 30.4 Å². The Kier molecular flexibility index (Phi) is 5.12. The molecule has 8 nitrogen and oxygen atoms in total. The molecule has 2 aromatic rings. The number of carbonyl (C=O) groups excluding carboxylic acids is 2. The molecule has 0 radical (unpaired) electrons. The molecule has 152 valence electrons. The molecule has 2 saturated heterocycles. The number of rotatable bonds is 8. The lowest BCUT2D eigenvalue weighted by Crippen LogP contribution is -2.32. The van der Waals surface area contributed by atoms with Crippen LogP contribution in [-0.4, -0.2) is 37.6 Å². The molecule has 0 aromatic heterocycles. The molecule has 0 saturated carbocycles. The average Bonchev–Trinajstić information content (AvgIpc) is 3.59. The van der Waals surface area contributed by atoms with Crippen LogP contribution < -0.4 is 20.9 Å². The molecule has 8 heteroatoms. The maximum atomic E-state index is 11.0. The third-order valence-electron chi connectivity index (χ3n) is 5.21. The Morgan fingerprint density at radius 2 is 1.14 bits per heavy atom. The number of carbonyl (C=O) groups is 2. The quantitative estimate of drug-likeness (QED) is 0.657. The maximum absolute atomic E-state index is 11.0. The second-order valence-electron chi connectivity index (χ2n) is 7.29. The van der Waals surface area contributed by atoms with Crippen molar-refractivity contribution >= 4 is 12.2 Å². The highest BCUT2D eigenvalue weighted by Gasteiger charge is 2.45. The zero-order valence-corrected chi connectivity index (χ0v) is 15.7. The van der Waals surface area contributed by atoms with Crippen LogP contribution in [0.25, 0.3) is 0 Å². The fraction of sp³-hybridized carbons (Fsp3) is 0.333. The molecule has 2 fully saturated rings. The van der Waals surface area contributed by atoms with E-state index in [2.05, 4.69) is 0 Å². The molecule has 0 bridgehead atoms. The van der Waals surface area contributed by atoms with Crippen LogP contribution in [0, 0.1) is 0 Å². The van der Waals surface area contributed by atoms with Gasteiger partial charge in [-0.15, -0.1) is 0 Å². The standard InChI is InChI=1S/C21H22N2O6/c22-19(24)28-15-5-1-13(2-6-15)21(9-17-11-26-17,10-18-12-27-18)14-3-7-16(8-4-14)29-20(23)25/h1-8,17-18H,9-12H2,(H2,22,24)(H2,23,25). The highest BCUT2D eigenvalue weighted by molar-refractivity contribution is 5.68. The summed E-state index contributed by atoms with van der Waals surface area (Å²) in [7, 11) is 0. The molecular weight excluding hydrogens is 376 g/mol. The summed E-state index contributed by atoms with van der Waals surface area (Å²) >= 11 is 0. The lowest BCUT2D eigenvalue weighted by atomic mass is 9.68. The van der Waals surface area contributed by atoms with Crippen molar-refractivity contribution in [3.05, 3.63) is 59.7 Å². The van der Waals surface area contributed by atoms with Gasteiger partial charge in [0, 0.05) is 5.41 Å². The number of nitrogens with two attached hydrogens (primary N) is 2. The van der Waals surface area contributed by atoms with Crippen molar-refractivity contribution in [1.82, 2.24) is 0 Å². The smallest absolute Gasteiger partial charge is 0.409 e. The Balaban J connectivity index is 1.71. The van der Waals surface area contributed by atoms with E-state index in [1.165, 1.54) is 0 Å². The van der Waals surface area contributed by atoms with E-state index < -0.39 is 12.2 Å². The van der Waals surface area contributed by atoms with Crippen molar-refractivity contribution in [3.8, 4) is 11.5 Å². The molecule has 2 amide bonds. The predicted octanol–water partition coefficient (Wildman–Crippen LogP) is 2.47. The molecule has 2 aromatic carbocycles. The summed E-state index contributed by atoms with van der Waals surface area (Å²) < 4.78 is 21.0. The molecular formula is C21H22N2O6. The van der Waals surface area contributed by atoms with Gasteiger partial charge in [-0.05, 0) is 48.2 Å². The summed E-state index contributed by atoms with van der Waals surface area (Å²) in [5.74, 6) is 0.761. The third-order valence-corrected chi connectivity index (χ3v) is 5.21. The van der Waals surface area contributed by atoms with Crippen LogP contribution in [0.5, 0.6) is 11.5 Å². The number of ether oxygens (including phenoxy) is 4. The zero-order chi connectivity index (χ0) is 20.4. The first-order valence-corrected chi connectivity index (χ1v) is 9.33. The highest BCUT2D eigenvalue weighted by atomic mass is 16.6. The molecule has 2 heterocycles. The second kappa shape index (κ2) is 7.73. The summed E-state index contributed by atoms with van der Waals surface area (Å²) in [6.07, 6.45) is 0.171. The van der Waals surface area contributed by atoms with Gasteiger partial charge in [0.05, 0.1) is 25.4 Å². The number of benzene rings is 2. The van der Waals surface area contributed by atoms with E-state index in [1.54, 1.807) is 24.3 Å². The summed E-state index contributed by atoms with van der Waals surface area (Å²) in [4.78, 5) is 22.0. The van der Waals surface area contributed by atoms with Gasteiger partial charge in [0.2, 0.25) is 0 Å². The van der Waals surface area contributed by atoms with Crippen molar-refractivity contribution in [1.29, 1.82) is 0 Å². The third kappa shape index (κ3) is 4.67. The molecule has 29 heavy (non-hydrogen) atoms. The van der Waals surface area contributed by atoms with Crippen molar-refractivity contribution in [2.75, 3.05) is 13.2 Å². The van der Waals surface area contributed by atoms with Gasteiger partial charge in [-0.2, -0.15) is 0 Å². The van der Waals surface area contributed by atoms with Gasteiger partial charge < -0.3 is 30.4 Å². The molecule has 0 aliphatic carbocycles. The van der Waals surface area contributed by atoms with Crippen molar-refractivity contribution in [3.63, 3.8) is 0 Å². The number of primary amides is 2. The van der Waals surface area contributed by atoms with E-state index in [0.29, 0.717) is 11.5 Å². The topological polar surface area (TPSA) is 130 Å². The monoisotopic (exact) mass is 398 g/mol. The maximum Gasteiger partial charge on any atom is 0.409 e. The summed E-state index contributed by atoms with van der Waals surface area (Å²) in [5, 5.41) is 0. The summed E-state index contributed by atoms with van der Waals surface area (Å²) in [5.41, 5.74) is 11.9. The minimum Gasteiger partial charge on any atom is -0.411 e. The first-order valence-electron chi connectivity index (χ1n) is 9.33. The Labute approximate surface area is 167 Å². The van der Waals surface area contributed by atoms with Gasteiger partial charge in [0.15, 0.2) is 0 Å². The largest absolute Gasteiger partial charge is 0.411 e. The van der Waals surface area contributed by atoms with Crippen LogP contribution in [0.3, 0.4) is 0 Å². The van der Waals surface area contributed by atoms with E-state index in [-0.39, 0.29) is 17.6 Å². The fourth-order valence-electron chi connectivity index (χ4n) is 3.79. The lowest BCUT2D eigenvalue weighted by Gasteiger charge is -2.35. The van der Waals surface area contributed by atoms with Gasteiger partial charge in [-0.1, -0.05) is 24.3 Å². The minimum atomic E-state index is -0.855. The number of amides is 2. The number of hydrogen-bond acceptors (Lipinski definition) is 6. The highest BCUT2D eigenvalue weighted by Crippen LogP contribution is 2.46. The molecule has 2 aliphatic heterocycles. The van der Waals surface area contributed by atoms with Crippen LogP contribution in [0.1, 0.15) is 24.0 Å². The Hall–Kier alpha value is -3.10. The summed E-state index contributed by atoms with van der Waals surface area (Å²) in [6, 6.07) is 14.6. The van der Waals surface area contributed by atoms with Gasteiger partial charge in [0.1, 0.15) is 11.5 Å². The predicted molar refractivity (Wildman–Crippen MR) is 103 cm³/mol. The minimum absolute atomic E-state index is 0.164. The van der Waals surface area contributed by atoms with Gasteiger partial charge in [-0.3, -0.25) is 0 Å². The van der Waals surface area contributed by atoms with Crippen molar-refractivity contribution in [2.45, 2.75) is 30.5 Å². The molecule has 4 rings (SSSR count). The van der Waals surface area contributed by atoms with Gasteiger partial charge in [-0.25, -0.2) is 9.59 Å². The van der Waals surface area contributed by atoms with E-state index in [1.807, 2.05) is 24.3 Å². The fourth-order valence-corrected chi connectivity index (χ4v) is 3.79. The Morgan fingerprint density at radius 1 is 0.793 bits per heavy atom. The molecule has 2 aliphatic rings. The Morgan fingerprint density at radius 3 is 1.41 bits per heavy atom. The SMILES string of the molecule is NC(=O)Oc1ccc(C(CC2CO2)(CC2CO2)c2ccc(OC(N)=O)cc2)cc1. The molecule has 2 atom stereocenters.